The number of hydrogen-bond donors (Lipinski definition) is 0. The van der Waals surface area contributed by atoms with E-state index >= 15 is 0 Å². The lowest BCUT2D eigenvalue weighted by Gasteiger charge is -2.61. The van der Waals surface area contributed by atoms with Gasteiger partial charge in [-0.1, -0.05) is 141 Å². The lowest BCUT2D eigenvalue weighted by molar-refractivity contribution is -0.0398. The summed E-state index contributed by atoms with van der Waals surface area (Å²) < 4.78 is 0. The summed E-state index contributed by atoms with van der Waals surface area (Å²) in [5.41, 5.74) is 16.8. The van der Waals surface area contributed by atoms with Crippen molar-refractivity contribution in [3.63, 3.8) is 0 Å². The van der Waals surface area contributed by atoms with Crippen molar-refractivity contribution in [1.29, 1.82) is 0 Å². The molecule has 7 aromatic carbocycles. The summed E-state index contributed by atoms with van der Waals surface area (Å²) in [7, 11) is 0. The Hall–Kier alpha value is -6.19. The molecule has 284 valence electrons. The summed E-state index contributed by atoms with van der Waals surface area (Å²) in [4.78, 5) is 15.9. The number of hydrogen-bond acceptors (Lipinski definition) is 3. The zero-order chi connectivity index (χ0) is 39.0. The normalized spacial score (nSPS) is 23.6. The van der Waals surface area contributed by atoms with E-state index in [0.29, 0.717) is 23.5 Å². The van der Waals surface area contributed by atoms with Crippen LogP contribution in [-0.4, -0.2) is 15.0 Å². The van der Waals surface area contributed by atoms with E-state index in [4.69, 9.17) is 15.0 Å². The molecule has 6 aliphatic rings. The third-order valence-electron chi connectivity index (χ3n) is 15.5. The van der Waals surface area contributed by atoms with Gasteiger partial charge in [-0.2, -0.15) is 0 Å². The van der Waals surface area contributed by atoms with Crippen LogP contribution in [0.15, 0.2) is 152 Å². The lowest BCUT2D eigenvalue weighted by atomic mass is 9.43. The van der Waals surface area contributed by atoms with Gasteiger partial charge in [0.25, 0.3) is 0 Å². The maximum absolute atomic E-state index is 5.39. The number of benzene rings is 7. The molecular formula is C56H45N3. The van der Waals surface area contributed by atoms with Crippen LogP contribution in [0.2, 0.25) is 0 Å². The highest BCUT2D eigenvalue weighted by atomic mass is 15.0. The maximum Gasteiger partial charge on any atom is 0.164 e. The molecule has 0 atom stereocenters. The Morgan fingerprint density at radius 3 is 1.71 bits per heavy atom. The Morgan fingerprint density at radius 1 is 0.390 bits per heavy atom. The van der Waals surface area contributed by atoms with E-state index in [-0.39, 0.29) is 10.8 Å². The van der Waals surface area contributed by atoms with Crippen molar-refractivity contribution >= 4 is 10.8 Å². The predicted molar refractivity (Wildman–Crippen MR) is 240 cm³/mol. The Morgan fingerprint density at radius 2 is 0.949 bits per heavy atom. The number of nitrogens with zero attached hydrogens (tertiary/aromatic N) is 3. The first-order valence-corrected chi connectivity index (χ1v) is 21.8. The Labute approximate surface area is 346 Å². The average Bonchev–Trinajstić information content (AvgIpc) is 3.69. The molecule has 0 amide bonds. The number of fused-ring (bicyclic) bond motifs is 7. The molecule has 0 unspecified atom stereocenters. The van der Waals surface area contributed by atoms with Crippen LogP contribution in [0, 0.1) is 23.7 Å². The van der Waals surface area contributed by atoms with Crippen molar-refractivity contribution in [1.82, 2.24) is 15.0 Å². The van der Waals surface area contributed by atoms with E-state index in [9.17, 15) is 0 Å². The second kappa shape index (κ2) is 12.2. The van der Waals surface area contributed by atoms with Gasteiger partial charge in [-0.15, -0.1) is 0 Å². The van der Waals surface area contributed by atoms with Gasteiger partial charge in [-0.05, 0) is 146 Å². The summed E-state index contributed by atoms with van der Waals surface area (Å²) in [5.74, 6) is 5.24. The largest absolute Gasteiger partial charge is 0.208 e. The molecule has 4 bridgehead atoms. The van der Waals surface area contributed by atoms with Crippen LogP contribution in [-0.2, 0) is 10.8 Å². The van der Waals surface area contributed by atoms with E-state index in [1.807, 2.05) is 0 Å². The van der Waals surface area contributed by atoms with Gasteiger partial charge >= 0.3 is 0 Å². The summed E-state index contributed by atoms with van der Waals surface area (Å²) in [6.45, 7) is 4.69. The second-order valence-corrected chi connectivity index (χ2v) is 18.8. The molecule has 0 saturated heterocycles. The quantitative estimate of drug-likeness (QED) is 0.179. The third-order valence-corrected chi connectivity index (χ3v) is 15.5. The molecule has 1 aromatic heterocycles. The van der Waals surface area contributed by atoms with Gasteiger partial charge in [0.1, 0.15) is 0 Å². The third kappa shape index (κ3) is 4.73. The van der Waals surface area contributed by atoms with Gasteiger partial charge in [0.15, 0.2) is 17.5 Å². The minimum atomic E-state index is -0.0623. The highest BCUT2D eigenvalue weighted by Crippen LogP contribution is 2.69. The SMILES string of the molecule is CC1(C)c2ccccc2-c2c(-c3cccc(-c4nc(-c5ccccc5)nc(-c5ccc6c(c5)C5(c7cc8ccccc8cc7-6)C6CC7CC(C6)CC5C7)n4)c3)cccc21. The van der Waals surface area contributed by atoms with Crippen molar-refractivity contribution in [2.45, 2.75) is 56.8 Å². The molecular weight excluding hydrogens is 715 g/mol. The van der Waals surface area contributed by atoms with Gasteiger partial charge in [-0.25, -0.2) is 15.0 Å². The molecule has 4 saturated carbocycles. The smallest absolute Gasteiger partial charge is 0.164 e. The molecule has 0 aliphatic heterocycles. The molecule has 0 N–H and O–H groups in total. The second-order valence-electron chi connectivity index (χ2n) is 18.8. The summed E-state index contributed by atoms with van der Waals surface area (Å²) in [6.07, 6.45) is 6.83. The fourth-order valence-electron chi connectivity index (χ4n) is 13.2. The number of aromatic nitrogens is 3. The highest BCUT2D eigenvalue weighted by molar-refractivity contribution is 5.95. The topological polar surface area (TPSA) is 38.7 Å². The van der Waals surface area contributed by atoms with Crippen molar-refractivity contribution in [2.75, 3.05) is 0 Å². The van der Waals surface area contributed by atoms with E-state index in [1.165, 1.54) is 92.9 Å². The molecule has 8 aromatic rings. The van der Waals surface area contributed by atoms with Crippen LogP contribution < -0.4 is 0 Å². The fourth-order valence-corrected chi connectivity index (χ4v) is 13.2. The summed E-state index contributed by atoms with van der Waals surface area (Å²) in [6, 6.07) is 56.2. The molecule has 3 nitrogen and oxygen atoms in total. The maximum atomic E-state index is 5.39. The van der Waals surface area contributed by atoms with Crippen LogP contribution >= 0.6 is 0 Å². The van der Waals surface area contributed by atoms with Crippen molar-refractivity contribution in [3.8, 4) is 67.5 Å². The van der Waals surface area contributed by atoms with E-state index in [1.54, 1.807) is 5.56 Å². The van der Waals surface area contributed by atoms with Crippen LogP contribution in [0.3, 0.4) is 0 Å². The van der Waals surface area contributed by atoms with Gasteiger partial charge in [-0.3, -0.25) is 0 Å². The molecule has 59 heavy (non-hydrogen) atoms. The Bertz CT molecular complexity index is 3020. The lowest BCUT2D eigenvalue weighted by Crippen LogP contribution is -2.55. The molecule has 0 radical (unpaired) electrons. The van der Waals surface area contributed by atoms with Crippen LogP contribution in [0.5, 0.6) is 0 Å². The van der Waals surface area contributed by atoms with Gasteiger partial charge in [0.2, 0.25) is 0 Å². The summed E-state index contributed by atoms with van der Waals surface area (Å²) >= 11 is 0. The fraction of sp³-hybridized carbons (Fsp3) is 0.232. The minimum Gasteiger partial charge on any atom is -0.208 e. The molecule has 1 heterocycles. The first kappa shape index (κ1) is 33.7. The monoisotopic (exact) mass is 759 g/mol. The minimum absolute atomic E-state index is 0.0354. The van der Waals surface area contributed by atoms with Crippen molar-refractivity contribution in [2.24, 2.45) is 23.7 Å². The molecule has 1 spiro atoms. The highest BCUT2D eigenvalue weighted by Gasteiger charge is 2.61. The molecule has 14 rings (SSSR count). The zero-order valence-electron chi connectivity index (χ0n) is 33.6. The van der Waals surface area contributed by atoms with Gasteiger partial charge in [0, 0.05) is 27.5 Å². The van der Waals surface area contributed by atoms with E-state index in [0.717, 1.165) is 34.4 Å². The first-order valence-electron chi connectivity index (χ1n) is 21.8. The average molecular weight is 760 g/mol. The predicted octanol–water partition coefficient (Wildman–Crippen LogP) is 13.7. The summed E-state index contributed by atoms with van der Waals surface area (Å²) in [5, 5.41) is 2.69. The van der Waals surface area contributed by atoms with Crippen LogP contribution in [0.25, 0.3) is 78.3 Å². The molecule has 3 heteroatoms. The Balaban J connectivity index is 0.985. The zero-order valence-corrected chi connectivity index (χ0v) is 33.6. The van der Waals surface area contributed by atoms with Crippen LogP contribution in [0.4, 0.5) is 0 Å². The van der Waals surface area contributed by atoms with Gasteiger partial charge < -0.3 is 0 Å². The standard InChI is InChI=1S/C56H45N3/c1-55(2)47-20-9-8-18-45(47)51-43(19-11-21-48(51)55)38-16-10-17-39(29-38)53-57-52(35-12-4-3-5-13-35)58-54(59-53)40-22-23-44-46-30-36-14-6-7-15-37(36)31-50(46)56(49(44)32-40)41-25-33-24-34(27-41)28-42(56)26-33/h3-23,29-34,41-42H,24-28H2,1-2H3. The van der Waals surface area contributed by atoms with E-state index in [2.05, 4.69) is 166 Å². The molecule has 6 aliphatic carbocycles. The van der Waals surface area contributed by atoms with E-state index < -0.39 is 0 Å². The number of rotatable bonds is 4. The van der Waals surface area contributed by atoms with Crippen molar-refractivity contribution in [3.05, 3.63) is 174 Å². The van der Waals surface area contributed by atoms with Gasteiger partial charge in [0.05, 0.1) is 0 Å². The van der Waals surface area contributed by atoms with Crippen LogP contribution in [0.1, 0.15) is 68.2 Å². The first-order chi connectivity index (χ1) is 28.9. The molecule has 4 fully saturated rings. The Kier molecular flexibility index (Phi) is 6.96. The van der Waals surface area contributed by atoms with Crippen molar-refractivity contribution < 1.29 is 0 Å².